The molecule has 0 aromatic heterocycles. The maximum Gasteiger partial charge on any atom is 0.327 e. The van der Waals surface area contributed by atoms with Crippen LogP contribution in [0.4, 0.5) is 0 Å². The molecule has 0 aromatic rings. The minimum absolute atomic E-state index is 0.272. The molecule has 0 heterocycles. The van der Waals surface area contributed by atoms with E-state index >= 15 is 0 Å². The van der Waals surface area contributed by atoms with Crippen LogP contribution < -0.4 is 0 Å². The number of rotatable bonds is 4. The smallest absolute Gasteiger partial charge is 0.327 e. The van der Waals surface area contributed by atoms with Crippen LogP contribution in [-0.4, -0.2) is 11.1 Å². The van der Waals surface area contributed by atoms with Crippen LogP contribution in [-0.2, 0) is 4.79 Å². The summed E-state index contributed by atoms with van der Waals surface area (Å²) < 4.78 is 0. The monoisotopic (exact) mass is 140 g/mol. The summed E-state index contributed by atoms with van der Waals surface area (Å²) in [6.45, 7) is 5.49. The van der Waals surface area contributed by atoms with Crippen molar-refractivity contribution in [3.05, 3.63) is 24.8 Å². The maximum absolute atomic E-state index is 10.00. The highest BCUT2D eigenvalue weighted by atomic mass is 16.4. The first-order chi connectivity index (χ1) is 4.66. The molecule has 0 aromatic carbocycles. The molecule has 0 saturated carbocycles. The third kappa shape index (κ3) is 5.09. The second-order valence-electron chi connectivity index (χ2n) is 2.20. The Morgan fingerprint density at radius 1 is 1.80 bits per heavy atom. The molecular formula is C8H12O2. The summed E-state index contributed by atoms with van der Waals surface area (Å²) in [6.07, 6.45) is 5.42. The predicted molar refractivity (Wildman–Crippen MR) is 40.8 cm³/mol. The van der Waals surface area contributed by atoms with Crippen molar-refractivity contribution in [2.75, 3.05) is 0 Å². The topological polar surface area (TPSA) is 37.3 Å². The van der Waals surface area contributed by atoms with Crippen molar-refractivity contribution in [3.63, 3.8) is 0 Å². The largest absolute Gasteiger partial charge is 0.478 e. The summed E-state index contributed by atoms with van der Waals surface area (Å²) in [7, 11) is 0. The molecule has 2 heteroatoms. The van der Waals surface area contributed by atoms with Gasteiger partial charge < -0.3 is 5.11 Å². The van der Waals surface area contributed by atoms with Crippen LogP contribution in [0.3, 0.4) is 0 Å². The standard InChI is InChI=1S/C8H12O2/c1-3-4-7(2)5-6-8(9)10/h3,5-7H,1,4H2,2H3,(H,9,10)/b6-5+/t7-/m1/s1. The quantitative estimate of drug-likeness (QED) is 0.478. The van der Waals surface area contributed by atoms with Crippen LogP contribution in [0, 0.1) is 5.92 Å². The normalized spacial score (nSPS) is 13.3. The highest BCUT2D eigenvalue weighted by molar-refractivity contribution is 5.79. The fraction of sp³-hybridized carbons (Fsp3) is 0.375. The van der Waals surface area contributed by atoms with E-state index in [1.807, 2.05) is 6.92 Å². The Labute approximate surface area is 60.9 Å². The van der Waals surface area contributed by atoms with Gasteiger partial charge >= 0.3 is 5.97 Å². The van der Waals surface area contributed by atoms with E-state index in [0.717, 1.165) is 12.5 Å². The van der Waals surface area contributed by atoms with Gasteiger partial charge in [-0.25, -0.2) is 4.79 Å². The van der Waals surface area contributed by atoms with Gasteiger partial charge in [0.25, 0.3) is 0 Å². The fourth-order valence-corrected chi connectivity index (χ4v) is 0.588. The average Bonchev–Trinajstić information content (AvgIpc) is 1.85. The molecule has 1 N–H and O–H groups in total. The lowest BCUT2D eigenvalue weighted by molar-refractivity contribution is -0.131. The van der Waals surface area contributed by atoms with E-state index in [0.29, 0.717) is 0 Å². The zero-order valence-electron chi connectivity index (χ0n) is 6.08. The predicted octanol–water partition coefficient (Wildman–Crippen LogP) is 1.84. The van der Waals surface area contributed by atoms with Crippen LogP contribution in [0.1, 0.15) is 13.3 Å². The van der Waals surface area contributed by atoms with E-state index in [4.69, 9.17) is 5.11 Å². The summed E-state index contributed by atoms with van der Waals surface area (Å²) in [6, 6.07) is 0. The number of allylic oxidation sites excluding steroid dienone is 2. The molecule has 0 saturated heterocycles. The van der Waals surface area contributed by atoms with Crippen molar-refractivity contribution in [3.8, 4) is 0 Å². The first kappa shape index (κ1) is 8.95. The lowest BCUT2D eigenvalue weighted by Gasteiger charge is -1.97. The van der Waals surface area contributed by atoms with Crippen LogP contribution in [0.5, 0.6) is 0 Å². The fourth-order valence-electron chi connectivity index (χ4n) is 0.588. The third-order valence-corrected chi connectivity index (χ3v) is 1.11. The number of carboxylic acid groups (broad SMARTS) is 1. The second-order valence-corrected chi connectivity index (χ2v) is 2.20. The molecule has 1 atom stereocenters. The van der Waals surface area contributed by atoms with Crippen molar-refractivity contribution in [2.24, 2.45) is 5.92 Å². The van der Waals surface area contributed by atoms with Gasteiger partial charge in [-0.15, -0.1) is 6.58 Å². The van der Waals surface area contributed by atoms with Crippen LogP contribution in [0.25, 0.3) is 0 Å². The molecular weight excluding hydrogens is 128 g/mol. The zero-order valence-corrected chi connectivity index (χ0v) is 6.08. The van der Waals surface area contributed by atoms with E-state index in [-0.39, 0.29) is 5.92 Å². The Bertz CT molecular complexity index is 147. The lowest BCUT2D eigenvalue weighted by Crippen LogP contribution is -1.91. The lowest BCUT2D eigenvalue weighted by atomic mass is 10.1. The molecule has 0 aliphatic carbocycles. The Kier molecular flexibility index (Phi) is 4.29. The molecule has 10 heavy (non-hydrogen) atoms. The van der Waals surface area contributed by atoms with Crippen molar-refractivity contribution in [1.82, 2.24) is 0 Å². The van der Waals surface area contributed by atoms with Gasteiger partial charge in [0.05, 0.1) is 0 Å². The second kappa shape index (κ2) is 4.79. The van der Waals surface area contributed by atoms with Gasteiger partial charge in [-0.3, -0.25) is 0 Å². The summed E-state index contributed by atoms with van der Waals surface area (Å²) >= 11 is 0. The van der Waals surface area contributed by atoms with E-state index in [1.54, 1.807) is 12.2 Å². The first-order valence-electron chi connectivity index (χ1n) is 3.19. The molecule has 56 valence electrons. The summed E-state index contributed by atoms with van der Waals surface area (Å²) in [4.78, 5) is 10.00. The van der Waals surface area contributed by atoms with E-state index in [2.05, 4.69) is 6.58 Å². The Morgan fingerprint density at radius 3 is 2.80 bits per heavy atom. The number of aliphatic carboxylic acids is 1. The molecule has 0 fully saturated rings. The van der Waals surface area contributed by atoms with Gasteiger partial charge in [-0.05, 0) is 12.3 Å². The maximum atomic E-state index is 10.00. The highest BCUT2D eigenvalue weighted by Gasteiger charge is 1.93. The number of carboxylic acids is 1. The minimum atomic E-state index is -0.893. The molecule has 0 bridgehead atoms. The summed E-state index contributed by atoms with van der Waals surface area (Å²) in [5.41, 5.74) is 0. The number of carbonyl (C=O) groups is 1. The highest BCUT2D eigenvalue weighted by Crippen LogP contribution is 2.02. The van der Waals surface area contributed by atoms with Crippen LogP contribution in [0.2, 0.25) is 0 Å². The van der Waals surface area contributed by atoms with Gasteiger partial charge in [0, 0.05) is 6.08 Å². The number of hydrogen-bond acceptors (Lipinski definition) is 1. The van der Waals surface area contributed by atoms with Crippen molar-refractivity contribution < 1.29 is 9.90 Å². The van der Waals surface area contributed by atoms with E-state index in [1.165, 1.54) is 0 Å². The van der Waals surface area contributed by atoms with Gasteiger partial charge in [0.15, 0.2) is 0 Å². The van der Waals surface area contributed by atoms with Crippen molar-refractivity contribution >= 4 is 5.97 Å². The third-order valence-electron chi connectivity index (χ3n) is 1.11. The van der Waals surface area contributed by atoms with Crippen molar-refractivity contribution in [2.45, 2.75) is 13.3 Å². The SMILES string of the molecule is C=CC[C@@H](C)/C=C/C(=O)O. The molecule has 2 nitrogen and oxygen atoms in total. The Morgan fingerprint density at radius 2 is 2.40 bits per heavy atom. The van der Waals surface area contributed by atoms with E-state index < -0.39 is 5.97 Å². The first-order valence-corrected chi connectivity index (χ1v) is 3.19. The van der Waals surface area contributed by atoms with Crippen molar-refractivity contribution in [1.29, 1.82) is 0 Å². The van der Waals surface area contributed by atoms with E-state index in [9.17, 15) is 4.79 Å². The van der Waals surface area contributed by atoms with Gasteiger partial charge in [-0.1, -0.05) is 19.1 Å². The van der Waals surface area contributed by atoms with Crippen LogP contribution >= 0.6 is 0 Å². The molecule has 0 spiro atoms. The Balaban J connectivity index is 3.65. The molecule has 0 unspecified atom stereocenters. The molecule has 0 aliphatic heterocycles. The van der Waals surface area contributed by atoms with Gasteiger partial charge in [0.2, 0.25) is 0 Å². The summed E-state index contributed by atoms with van der Waals surface area (Å²) in [5, 5.41) is 8.22. The van der Waals surface area contributed by atoms with Crippen LogP contribution in [0.15, 0.2) is 24.8 Å². The Hall–Kier alpha value is -1.05. The molecule has 0 radical (unpaired) electrons. The minimum Gasteiger partial charge on any atom is -0.478 e. The average molecular weight is 140 g/mol. The zero-order chi connectivity index (χ0) is 7.98. The van der Waals surface area contributed by atoms with Gasteiger partial charge in [-0.2, -0.15) is 0 Å². The molecule has 0 amide bonds. The van der Waals surface area contributed by atoms with Gasteiger partial charge in [0.1, 0.15) is 0 Å². The molecule has 0 aliphatic rings. The summed E-state index contributed by atoms with van der Waals surface area (Å²) in [5.74, 6) is -0.621. The number of hydrogen-bond donors (Lipinski definition) is 1. The molecule has 0 rings (SSSR count).